The quantitative estimate of drug-likeness (QED) is 0.656. The van der Waals surface area contributed by atoms with Crippen LogP contribution in [0.2, 0.25) is 0 Å². The molecule has 1 aromatic rings. The van der Waals surface area contributed by atoms with Crippen molar-refractivity contribution in [1.29, 1.82) is 0 Å². The van der Waals surface area contributed by atoms with Crippen LogP contribution in [0.4, 0.5) is 0 Å². The molecule has 1 nitrogen and oxygen atoms in total. The lowest BCUT2D eigenvalue weighted by atomic mass is 9.90. The van der Waals surface area contributed by atoms with Gasteiger partial charge in [0.1, 0.15) is 0 Å². The summed E-state index contributed by atoms with van der Waals surface area (Å²) in [4.78, 5) is 2.43. The van der Waals surface area contributed by atoms with Crippen molar-refractivity contribution >= 4 is 0 Å². The van der Waals surface area contributed by atoms with Crippen molar-refractivity contribution in [3.63, 3.8) is 0 Å². The van der Waals surface area contributed by atoms with Crippen molar-refractivity contribution in [3.8, 4) is 0 Å². The first kappa shape index (κ1) is 9.72. The standard InChI is InChI=1S/C13H19N/c1-10-4-6-12(7-5-10)13-9-14(3)8-11(13)2/h4-7,11,13H,8-9H2,1-3H3. The van der Waals surface area contributed by atoms with Crippen LogP contribution in [0.1, 0.15) is 24.0 Å². The van der Waals surface area contributed by atoms with E-state index < -0.39 is 0 Å². The maximum atomic E-state index is 2.43. The Morgan fingerprint density at radius 3 is 2.29 bits per heavy atom. The molecule has 1 saturated heterocycles. The summed E-state index contributed by atoms with van der Waals surface area (Å²) in [6.07, 6.45) is 0. The average molecular weight is 189 g/mol. The van der Waals surface area contributed by atoms with Gasteiger partial charge in [-0.3, -0.25) is 0 Å². The molecule has 2 rings (SSSR count). The number of hydrogen-bond donors (Lipinski definition) is 0. The van der Waals surface area contributed by atoms with Crippen molar-refractivity contribution in [2.45, 2.75) is 19.8 Å². The Hall–Kier alpha value is -0.820. The van der Waals surface area contributed by atoms with E-state index in [-0.39, 0.29) is 0 Å². The summed E-state index contributed by atoms with van der Waals surface area (Å²) in [5.74, 6) is 1.53. The highest BCUT2D eigenvalue weighted by molar-refractivity contribution is 5.26. The monoisotopic (exact) mass is 189 g/mol. The largest absolute Gasteiger partial charge is 0.305 e. The predicted molar refractivity (Wildman–Crippen MR) is 60.6 cm³/mol. The van der Waals surface area contributed by atoms with Gasteiger partial charge in [-0.25, -0.2) is 0 Å². The average Bonchev–Trinajstić information content (AvgIpc) is 2.47. The highest BCUT2D eigenvalue weighted by atomic mass is 15.1. The minimum Gasteiger partial charge on any atom is -0.305 e. The van der Waals surface area contributed by atoms with Gasteiger partial charge in [0, 0.05) is 19.0 Å². The van der Waals surface area contributed by atoms with E-state index in [2.05, 4.69) is 50.1 Å². The lowest BCUT2D eigenvalue weighted by Gasteiger charge is -2.14. The molecule has 1 heterocycles. The van der Waals surface area contributed by atoms with Gasteiger partial charge in [-0.15, -0.1) is 0 Å². The van der Waals surface area contributed by atoms with Gasteiger partial charge in [-0.05, 0) is 25.5 Å². The molecule has 1 fully saturated rings. The summed E-state index contributed by atoms with van der Waals surface area (Å²) in [5, 5.41) is 0. The Labute approximate surface area is 86.7 Å². The van der Waals surface area contributed by atoms with Gasteiger partial charge in [0.25, 0.3) is 0 Å². The zero-order valence-electron chi connectivity index (χ0n) is 9.33. The predicted octanol–water partition coefficient (Wildman–Crippen LogP) is 2.66. The van der Waals surface area contributed by atoms with E-state index in [4.69, 9.17) is 0 Å². The first-order valence-electron chi connectivity index (χ1n) is 5.42. The highest BCUT2D eigenvalue weighted by Crippen LogP contribution is 2.31. The lowest BCUT2D eigenvalue weighted by Crippen LogP contribution is -2.13. The summed E-state index contributed by atoms with van der Waals surface area (Å²) in [6.45, 7) is 6.95. The van der Waals surface area contributed by atoms with Crippen molar-refractivity contribution in [3.05, 3.63) is 35.4 Å². The van der Waals surface area contributed by atoms with E-state index in [9.17, 15) is 0 Å². The molecule has 0 aromatic heterocycles. The van der Waals surface area contributed by atoms with E-state index in [1.807, 2.05) is 0 Å². The summed E-state index contributed by atoms with van der Waals surface area (Å²) >= 11 is 0. The number of nitrogens with zero attached hydrogens (tertiary/aromatic N) is 1. The summed E-state index contributed by atoms with van der Waals surface area (Å²) < 4.78 is 0. The SMILES string of the molecule is Cc1ccc(C2CN(C)CC2C)cc1. The summed E-state index contributed by atoms with van der Waals surface area (Å²) in [5.41, 5.74) is 2.86. The Bertz CT molecular complexity index is 302. The van der Waals surface area contributed by atoms with Crippen molar-refractivity contribution in [2.75, 3.05) is 20.1 Å². The summed E-state index contributed by atoms with van der Waals surface area (Å²) in [7, 11) is 2.21. The second kappa shape index (κ2) is 3.74. The smallest absolute Gasteiger partial charge is 0.00504 e. The Kier molecular flexibility index (Phi) is 2.60. The second-order valence-electron chi connectivity index (χ2n) is 4.72. The zero-order valence-corrected chi connectivity index (χ0v) is 9.33. The Balaban J connectivity index is 2.19. The molecule has 14 heavy (non-hydrogen) atoms. The van der Waals surface area contributed by atoms with Gasteiger partial charge in [0.2, 0.25) is 0 Å². The van der Waals surface area contributed by atoms with E-state index in [1.54, 1.807) is 0 Å². The molecule has 0 aliphatic carbocycles. The van der Waals surface area contributed by atoms with E-state index in [1.165, 1.54) is 24.2 Å². The van der Waals surface area contributed by atoms with Crippen LogP contribution in [-0.2, 0) is 0 Å². The number of aryl methyl sites for hydroxylation is 1. The molecule has 2 atom stereocenters. The van der Waals surface area contributed by atoms with Gasteiger partial charge in [-0.2, -0.15) is 0 Å². The Morgan fingerprint density at radius 1 is 1.14 bits per heavy atom. The maximum absolute atomic E-state index is 2.43. The minimum absolute atomic E-state index is 0.737. The van der Waals surface area contributed by atoms with Crippen LogP contribution in [0.5, 0.6) is 0 Å². The third-order valence-corrected chi connectivity index (χ3v) is 3.30. The molecule has 0 amide bonds. The van der Waals surface area contributed by atoms with Crippen LogP contribution in [0.3, 0.4) is 0 Å². The van der Waals surface area contributed by atoms with Gasteiger partial charge in [0.15, 0.2) is 0 Å². The zero-order chi connectivity index (χ0) is 10.1. The van der Waals surface area contributed by atoms with Crippen LogP contribution < -0.4 is 0 Å². The highest BCUT2D eigenvalue weighted by Gasteiger charge is 2.28. The lowest BCUT2D eigenvalue weighted by molar-refractivity contribution is 0.401. The minimum atomic E-state index is 0.737. The van der Waals surface area contributed by atoms with Gasteiger partial charge in [0.05, 0.1) is 0 Å². The molecule has 2 unspecified atom stereocenters. The van der Waals surface area contributed by atoms with Gasteiger partial charge >= 0.3 is 0 Å². The molecule has 1 heteroatoms. The Morgan fingerprint density at radius 2 is 1.79 bits per heavy atom. The normalized spacial score (nSPS) is 28.2. The number of likely N-dealkylation sites (tertiary alicyclic amines) is 1. The van der Waals surface area contributed by atoms with Crippen LogP contribution in [0, 0.1) is 12.8 Å². The molecule has 1 aliphatic heterocycles. The van der Waals surface area contributed by atoms with Gasteiger partial charge < -0.3 is 4.90 Å². The molecular formula is C13H19N. The molecule has 0 bridgehead atoms. The van der Waals surface area contributed by atoms with Crippen LogP contribution in [0.25, 0.3) is 0 Å². The van der Waals surface area contributed by atoms with Crippen molar-refractivity contribution in [1.82, 2.24) is 4.90 Å². The molecule has 0 N–H and O–H groups in total. The third kappa shape index (κ3) is 1.83. The first-order chi connectivity index (χ1) is 6.66. The number of likely N-dealkylation sites (N-methyl/N-ethyl adjacent to an activating group) is 1. The maximum Gasteiger partial charge on any atom is 0.00504 e. The van der Waals surface area contributed by atoms with E-state index in [0.29, 0.717) is 0 Å². The van der Waals surface area contributed by atoms with Gasteiger partial charge in [-0.1, -0.05) is 36.8 Å². The molecule has 1 aromatic carbocycles. The molecule has 0 saturated carbocycles. The van der Waals surface area contributed by atoms with E-state index in [0.717, 1.165) is 11.8 Å². The second-order valence-corrected chi connectivity index (χ2v) is 4.72. The fraction of sp³-hybridized carbons (Fsp3) is 0.538. The first-order valence-corrected chi connectivity index (χ1v) is 5.42. The number of benzene rings is 1. The topological polar surface area (TPSA) is 3.24 Å². The summed E-state index contributed by atoms with van der Waals surface area (Å²) in [6, 6.07) is 9.02. The molecule has 1 aliphatic rings. The number of hydrogen-bond acceptors (Lipinski definition) is 1. The molecule has 0 radical (unpaired) electrons. The van der Waals surface area contributed by atoms with Crippen LogP contribution in [0.15, 0.2) is 24.3 Å². The molecule has 76 valence electrons. The van der Waals surface area contributed by atoms with Crippen LogP contribution >= 0.6 is 0 Å². The van der Waals surface area contributed by atoms with Crippen LogP contribution in [-0.4, -0.2) is 25.0 Å². The fourth-order valence-corrected chi connectivity index (χ4v) is 2.46. The number of rotatable bonds is 1. The fourth-order valence-electron chi connectivity index (χ4n) is 2.46. The van der Waals surface area contributed by atoms with Crippen molar-refractivity contribution < 1.29 is 0 Å². The van der Waals surface area contributed by atoms with E-state index >= 15 is 0 Å². The third-order valence-electron chi connectivity index (χ3n) is 3.30. The molecular weight excluding hydrogens is 170 g/mol. The molecule has 0 spiro atoms. The van der Waals surface area contributed by atoms with Crippen molar-refractivity contribution in [2.24, 2.45) is 5.92 Å².